The fraction of sp³-hybridized carbons (Fsp3) is 0.346. The number of anilines is 1. The zero-order valence-corrected chi connectivity index (χ0v) is 20.3. The summed E-state index contributed by atoms with van der Waals surface area (Å²) in [6.45, 7) is 2.73. The number of rotatable bonds is 12. The van der Waals surface area contributed by atoms with Gasteiger partial charge in [-0.25, -0.2) is 9.69 Å². The van der Waals surface area contributed by atoms with E-state index in [9.17, 15) is 24.5 Å². The van der Waals surface area contributed by atoms with Crippen LogP contribution in [0.5, 0.6) is 11.5 Å². The first kappa shape index (κ1) is 26.4. The number of carbonyl (C=O) groups is 3. The van der Waals surface area contributed by atoms with Gasteiger partial charge in [0.25, 0.3) is 17.5 Å². The summed E-state index contributed by atoms with van der Waals surface area (Å²) in [6.07, 6.45) is 8.22. The largest absolute Gasteiger partial charge is 0.493 e. The van der Waals surface area contributed by atoms with Gasteiger partial charge in [-0.1, -0.05) is 45.1 Å². The Morgan fingerprint density at radius 1 is 0.972 bits per heavy atom. The van der Waals surface area contributed by atoms with Gasteiger partial charge >= 0.3 is 6.03 Å². The van der Waals surface area contributed by atoms with Crippen LogP contribution >= 0.6 is 0 Å². The molecule has 4 amide bonds. The molecule has 0 aliphatic carbocycles. The molecule has 0 saturated carbocycles. The topological polar surface area (TPSA) is 128 Å². The second kappa shape index (κ2) is 12.5. The third-order valence-electron chi connectivity index (χ3n) is 5.67. The highest BCUT2D eigenvalue weighted by Crippen LogP contribution is 2.30. The fourth-order valence-corrected chi connectivity index (χ4v) is 3.74. The maximum absolute atomic E-state index is 13.0. The number of carbonyl (C=O) groups excluding carboxylic acids is 3. The molecule has 0 atom stereocenters. The molecule has 36 heavy (non-hydrogen) atoms. The molecule has 10 heteroatoms. The van der Waals surface area contributed by atoms with Crippen molar-refractivity contribution < 1.29 is 28.8 Å². The molecule has 1 aliphatic heterocycles. The van der Waals surface area contributed by atoms with Crippen LogP contribution in [0.25, 0.3) is 6.08 Å². The van der Waals surface area contributed by atoms with Crippen LogP contribution in [0.15, 0.2) is 48.0 Å². The van der Waals surface area contributed by atoms with E-state index in [4.69, 9.17) is 9.47 Å². The average Bonchev–Trinajstić information content (AvgIpc) is 2.86. The van der Waals surface area contributed by atoms with E-state index >= 15 is 0 Å². The summed E-state index contributed by atoms with van der Waals surface area (Å²) in [6, 6.07) is 8.95. The first-order valence-electron chi connectivity index (χ1n) is 11.8. The van der Waals surface area contributed by atoms with Crippen molar-refractivity contribution >= 4 is 35.3 Å². The molecule has 1 N–H and O–H groups in total. The summed E-state index contributed by atoms with van der Waals surface area (Å²) in [5, 5.41) is 13.0. The number of benzene rings is 2. The lowest BCUT2D eigenvalue weighted by atomic mass is 10.1. The van der Waals surface area contributed by atoms with E-state index in [1.54, 1.807) is 18.2 Å². The van der Waals surface area contributed by atoms with Crippen LogP contribution in [-0.2, 0) is 9.59 Å². The van der Waals surface area contributed by atoms with Crippen LogP contribution in [0.1, 0.15) is 51.0 Å². The Hall–Kier alpha value is -4.21. The smallest absolute Gasteiger partial charge is 0.335 e. The van der Waals surface area contributed by atoms with Gasteiger partial charge in [-0.15, -0.1) is 0 Å². The van der Waals surface area contributed by atoms with Crippen molar-refractivity contribution in [3.05, 3.63) is 63.7 Å². The second-order valence-corrected chi connectivity index (χ2v) is 8.26. The van der Waals surface area contributed by atoms with Gasteiger partial charge in [0, 0.05) is 12.1 Å². The summed E-state index contributed by atoms with van der Waals surface area (Å²) >= 11 is 0. The third-order valence-corrected chi connectivity index (χ3v) is 5.67. The van der Waals surface area contributed by atoms with E-state index in [2.05, 4.69) is 12.2 Å². The summed E-state index contributed by atoms with van der Waals surface area (Å²) < 4.78 is 11.3. The normalized spacial score (nSPS) is 14.7. The van der Waals surface area contributed by atoms with Crippen molar-refractivity contribution in [2.75, 3.05) is 18.6 Å². The molecule has 0 bridgehead atoms. The number of hydrogen-bond acceptors (Lipinski definition) is 7. The molecular formula is C26H29N3O7. The first-order valence-corrected chi connectivity index (χ1v) is 11.8. The second-order valence-electron chi connectivity index (χ2n) is 8.26. The molecule has 1 heterocycles. The number of ether oxygens (including phenoxy) is 2. The number of methoxy groups -OCH3 is 1. The van der Waals surface area contributed by atoms with Crippen molar-refractivity contribution in [3.63, 3.8) is 0 Å². The molecule has 0 spiro atoms. The minimum atomic E-state index is -0.938. The van der Waals surface area contributed by atoms with E-state index < -0.39 is 22.8 Å². The maximum Gasteiger partial charge on any atom is 0.335 e. The van der Waals surface area contributed by atoms with E-state index in [0.29, 0.717) is 23.7 Å². The Morgan fingerprint density at radius 3 is 2.33 bits per heavy atom. The number of barbiturate groups is 1. The predicted molar refractivity (Wildman–Crippen MR) is 134 cm³/mol. The van der Waals surface area contributed by atoms with E-state index in [0.717, 1.165) is 17.7 Å². The van der Waals surface area contributed by atoms with E-state index in [-0.39, 0.29) is 16.9 Å². The highest BCUT2D eigenvalue weighted by molar-refractivity contribution is 6.39. The number of hydrogen-bond donors (Lipinski definition) is 1. The van der Waals surface area contributed by atoms with Crippen LogP contribution in [0, 0.1) is 10.1 Å². The molecular weight excluding hydrogens is 466 g/mol. The number of urea groups is 1. The zero-order valence-electron chi connectivity index (χ0n) is 20.3. The van der Waals surface area contributed by atoms with Crippen LogP contribution in [0.3, 0.4) is 0 Å². The Bertz CT molecular complexity index is 1160. The number of nitrogens with zero attached hydrogens (tertiary/aromatic N) is 2. The van der Waals surface area contributed by atoms with Crippen LogP contribution in [-0.4, -0.2) is 36.5 Å². The van der Waals surface area contributed by atoms with Gasteiger partial charge in [0.2, 0.25) is 0 Å². The lowest BCUT2D eigenvalue weighted by Crippen LogP contribution is -2.54. The molecule has 3 rings (SSSR count). The molecule has 1 aliphatic rings. The molecule has 10 nitrogen and oxygen atoms in total. The van der Waals surface area contributed by atoms with Gasteiger partial charge in [-0.05, 0) is 42.3 Å². The monoisotopic (exact) mass is 495 g/mol. The summed E-state index contributed by atoms with van der Waals surface area (Å²) in [5.74, 6) is -0.692. The average molecular weight is 496 g/mol. The number of amides is 4. The predicted octanol–water partition coefficient (Wildman–Crippen LogP) is 5.01. The van der Waals surface area contributed by atoms with Crippen LogP contribution in [0.2, 0.25) is 0 Å². The minimum absolute atomic E-state index is 0.0949. The van der Waals surface area contributed by atoms with Crippen molar-refractivity contribution in [1.29, 1.82) is 0 Å². The SMILES string of the molecule is CCCCCCCCOc1ccc(/C=C2/C(=O)NC(=O)N(c3ccc([N+](=O)[O-])cc3)C2=O)cc1OC. The van der Waals surface area contributed by atoms with Crippen LogP contribution < -0.4 is 19.7 Å². The summed E-state index contributed by atoms with van der Waals surface area (Å²) in [7, 11) is 1.50. The molecule has 0 radical (unpaired) electrons. The van der Waals surface area contributed by atoms with Gasteiger partial charge in [0.05, 0.1) is 24.3 Å². The lowest BCUT2D eigenvalue weighted by molar-refractivity contribution is -0.384. The first-order chi connectivity index (χ1) is 17.3. The molecule has 1 saturated heterocycles. The van der Waals surface area contributed by atoms with E-state index in [1.165, 1.54) is 63.1 Å². The Kier molecular flexibility index (Phi) is 9.15. The van der Waals surface area contributed by atoms with E-state index in [1.807, 2.05) is 0 Å². The number of unbranched alkanes of at least 4 members (excludes halogenated alkanes) is 5. The molecule has 190 valence electrons. The van der Waals surface area contributed by atoms with Crippen LogP contribution in [0.4, 0.5) is 16.2 Å². The van der Waals surface area contributed by atoms with Gasteiger partial charge in [-0.3, -0.25) is 25.0 Å². The lowest BCUT2D eigenvalue weighted by Gasteiger charge is -2.26. The molecule has 2 aromatic rings. The Balaban J connectivity index is 1.74. The maximum atomic E-state index is 13.0. The molecule has 2 aromatic carbocycles. The molecule has 0 aromatic heterocycles. The number of nitrogens with one attached hydrogen (secondary N) is 1. The Labute approximate surface area is 209 Å². The third kappa shape index (κ3) is 6.47. The van der Waals surface area contributed by atoms with Crippen molar-refractivity contribution in [1.82, 2.24) is 5.32 Å². The van der Waals surface area contributed by atoms with Gasteiger partial charge in [0.15, 0.2) is 11.5 Å². The minimum Gasteiger partial charge on any atom is -0.493 e. The van der Waals surface area contributed by atoms with Gasteiger partial charge in [0.1, 0.15) is 5.57 Å². The van der Waals surface area contributed by atoms with Crippen molar-refractivity contribution in [3.8, 4) is 11.5 Å². The highest BCUT2D eigenvalue weighted by Gasteiger charge is 2.37. The number of non-ortho nitro benzene ring substituents is 1. The Morgan fingerprint density at radius 2 is 1.67 bits per heavy atom. The number of imide groups is 2. The standard InChI is InChI=1S/C26H29N3O7/c1-3-4-5-6-7-8-15-36-22-14-9-18(17-23(22)35-2)16-21-24(30)27-26(32)28(25(21)31)19-10-12-20(13-11-19)29(33)34/h9-14,16-17H,3-8,15H2,1-2H3,(H,27,30,32)/b21-16-. The summed E-state index contributed by atoms with van der Waals surface area (Å²) in [4.78, 5) is 48.9. The van der Waals surface area contributed by atoms with Crippen molar-refractivity contribution in [2.24, 2.45) is 0 Å². The van der Waals surface area contributed by atoms with Crippen molar-refractivity contribution in [2.45, 2.75) is 45.4 Å². The van der Waals surface area contributed by atoms with Gasteiger partial charge in [-0.2, -0.15) is 0 Å². The quantitative estimate of drug-likeness (QED) is 0.144. The molecule has 0 unspecified atom stereocenters. The fourth-order valence-electron chi connectivity index (χ4n) is 3.74. The number of nitro benzene ring substituents is 1. The summed E-state index contributed by atoms with van der Waals surface area (Å²) in [5.41, 5.74) is 0.130. The van der Waals surface area contributed by atoms with Gasteiger partial charge < -0.3 is 9.47 Å². The highest BCUT2D eigenvalue weighted by atomic mass is 16.6. The molecule has 1 fully saturated rings. The number of nitro groups is 1. The zero-order chi connectivity index (χ0) is 26.1.